The van der Waals surface area contributed by atoms with Gasteiger partial charge in [0, 0.05) is 25.4 Å². The molecule has 0 atom stereocenters. The van der Waals surface area contributed by atoms with Crippen LogP contribution in [-0.4, -0.2) is 35.5 Å². The SMILES string of the molecule is CC(C)NC(=O)CCNC(=O)CC1(C(=O)O)CCC1. The van der Waals surface area contributed by atoms with Gasteiger partial charge < -0.3 is 15.7 Å². The molecule has 0 aromatic heterocycles. The highest BCUT2D eigenvalue weighted by Crippen LogP contribution is 2.44. The summed E-state index contributed by atoms with van der Waals surface area (Å²) in [5.41, 5.74) is -0.871. The number of amides is 2. The topological polar surface area (TPSA) is 95.5 Å². The van der Waals surface area contributed by atoms with E-state index >= 15 is 0 Å². The minimum atomic E-state index is -0.897. The monoisotopic (exact) mass is 270 g/mol. The lowest BCUT2D eigenvalue weighted by molar-refractivity contribution is -0.157. The van der Waals surface area contributed by atoms with Crippen molar-refractivity contribution < 1.29 is 19.5 Å². The van der Waals surface area contributed by atoms with Gasteiger partial charge in [0.1, 0.15) is 0 Å². The van der Waals surface area contributed by atoms with E-state index in [0.717, 1.165) is 6.42 Å². The first-order chi connectivity index (χ1) is 8.85. The van der Waals surface area contributed by atoms with E-state index < -0.39 is 11.4 Å². The number of hydrogen-bond donors (Lipinski definition) is 3. The number of rotatable bonds is 7. The molecule has 6 nitrogen and oxygen atoms in total. The molecule has 2 amide bonds. The largest absolute Gasteiger partial charge is 0.481 e. The second-order valence-electron chi connectivity index (χ2n) is 5.44. The maximum Gasteiger partial charge on any atom is 0.310 e. The summed E-state index contributed by atoms with van der Waals surface area (Å²) in [5.74, 6) is -1.31. The highest BCUT2D eigenvalue weighted by Gasteiger charge is 2.45. The second kappa shape index (κ2) is 6.54. The average Bonchev–Trinajstić information content (AvgIpc) is 2.21. The first kappa shape index (κ1) is 15.5. The van der Waals surface area contributed by atoms with Gasteiger partial charge in [-0.2, -0.15) is 0 Å². The zero-order chi connectivity index (χ0) is 14.5. The van der Waals surface area contributed by atoms with Gasteiger partial charge in [-0.1, -0.05) is 6.42 Å². The van der Waals surface area contributed by atoms with Gasteiger partial charge in [-0.3, -0.25) is 14.4 Å². The smallest absolute Gasteiger partial charge is 0.310 e. The Bertz CT molecular complexity index is 362. The van der Waals surface area contributed by atoms with E-state index in [2.05, 4.69) is 10.6 Å². The van der Waals surface area contributed by atoms with Crippen molar-refractivity contribution in [3.8, 4) is 0 Å². The van der Waals surface area contributed by atoms with Crippen LogP contribution < -0.4 is 10.6 Å². The number of nitrogens with one attached hydrogen (secondary N) is 2. The van der Waals surface area contributed by atoms with Crippen LogP contribution in [-0.2, 0) is 14.4 Å². The Morgan fingerprint density at radius 3 is 2.26 bits per heavy atom. The fourth-order valence-electron chi connectivity index (χ4n) is 2.15. The molecule has 6 heteroatoms. The van der Waals surface area contributed by atoms with Crippen LogP contribution in [0.25, 0.3) is 0 Å². The van der Waals surface area contributed by atoms with Crippen molar-refractivity contribution in [2.45, 2.75) is 52.0 Å². The van der Waals surface area contributed by atoms with E-state index in [1.54, 1.807) is 0 Å². The summed E-state index contributed by atoms with van der Waals surface area (Å²) in [6.07, 6.45) is 2.20. The lowest BCUT2D eigenvalue weighted by atomic mass is 9.66. The fraction of sp³-hybridized carbons (Fsp3) is 0.769. The van der Waals surface area contributed by atoms with Crippen LogP contribution in [0.15, 0.2) is 0 Å². The van der Waals surface area contributed by atoms with Gasteiger partial charge in [0.25, 0.3) is 0 Å². The first-order valence-corrected chi connectivity index (χ1v) is 6.65. The molecule has 19 heavy (non-hydrogen) atoms. The summed E-state index contributed by atoms with van der Waals surface area (Å²) in [7, 11) is 0. The quantitative estimate of drug-likeness (QED) is 0.633. The minimum Gasteiger partial charge on any atom is -0.481 e. The summed E-state index contributed by atoms with van der Waals surface area (Å²) in [5, 5.41) is 14.4. The van der Waals surface area contributed by atoms with E-state index in [0.29, 0.717) is 12.8 Å². The van der Waals surface area contributed by atoms with Gasteiger partial charge in [-0.15, -0.1) is 0 Å². The number of hydrogen-bond acceptors (Lipinski definition) is 3. The Morgan fingerprint density at radius 2 is 1.84 bits per heavy atom. The highest BCUT2D eigenvalue weighted by molar-refractivity contribution is 5.86. The van der Waals surface area contributed by atoms with E-state index in [1.807, 2.05) is 13.8 Å². The molecular weight excluding hydrogens is 248 g/mol. The Balaban J connectivity index is 2.25. The molecule has 108 valence electrons. The number of carboxylic acids is 1. The molecule has 0 spiro atoms. The molecule has 0 aliphatic heterocycles. The Labute approximate surface area is 112 Å². The van der Waals surface area contributed by atoms with Crippen molar-refractivity contribution in [1.29, 1.82) is 0 Å². The Morgan fingerprint density at radius 1 is 1.21 bits per heavy atom. The fourth-order valence-corrected chi connectivity index (χ4v) is 2.15. The molecule has 0 unspecified atom stereocenters. The van der Waals surface area contributed by atoms with Crippen molar-refractivity contribution in [3.63, 3.8) is 0 Å². The highest BCUT2D eigenvalue weighted by atomic mass is 16.4. The van der Waals surface area contributed by atoms with Crippen LogP contribution in [0.2, 0.25) is 0 Å². The molecule has 1 rings (SSSR count). The van der Waals surface area contributed by atoms with Gasteiger partial charge in [0.05, 0.1) is 5.41 Å². The number of carbonyl (C=O) groups excluding carboxylic acids is 2. The van der Waals surface area contributed by atoms with Gasteiger partial charge in [0.2, 0.25) is 11.8 Å². The standard InChI is InChI=1S/C13H22N2O4/c1-9(2)15-10(16)4-7-14-11(17)8-13(12(18)19)5-3-6-13/h9H,3-8H2,1-2H3,(H,14,17)(H,15,16)(H,18,19). The summed E-state index contributed by atoms with van der Waals surface area (Å²) < 4.78 is 0. The Hall–Kier alpha value is -1.59. The molecule has 0 aromatic carbocycles. The maximum atomic E-state index is 11.7. The predicted molar refractivity (Wildman–Crippen MR) is 69.4 cm³/mol. The van der Waals surface area contributed by atoms with Crippen LogP contribution in [0.1, 0.15) is 46.0 Å². The van der Waals surface area contributed by atoms with E-state index in [1.165, 1.54) is 0 Å². The molecule has 0 bridgehead atoms. The van der Waals surface area contributed by atoms with Crippen molar-refractivity contribution in [1.82, 2.24) is 10.6 Å². The van der Waals surface area contributed by atoms with Crippen LogP contribution >= 0.6 is 0 Å². The van der Waals surface area contributed by atoms with E-state index in [9.17, 15) is 14.4 Å². The number of carbonyl (C=O) groups is 3. The zero-order valence-corrected chi connectivity index (χ0v) is 11.5. The lowest BCUT2D eigenvalue weighted by Crippen LogP contribution is -2.43. The van der Waals surface area contributed by atoms with Gasteiger partial charge in [-0.05, 0) is 26.7 Å². The van der Waals surface area contributed by atoms with Crippen LogP contribution in [0.4, 0.5) is 0 Å². The van der Waals surface area contributed by atoms with E-state index in [4.69, 9.17) is 5.11 Å². The molecule has 0 aromatic rings. The molecular formula is C13H22N2O4. The predicted octanol–water partition coefficient (Wildman–Crippen LogP) is 0.662. The van der Waals surface area contributed by atoms with Crippen molar-refractivity contribution in [3.05, 3.63) is 0 Å². The molecule has 0 saturated heterocycles. The van der Waals surface area contributed by atoms with E-state index in [-0.39, 0.29) is 37.2 Å². The van der Waals surface area contributed by atoms with Crippen molar-refractivity contribution >= 4 is 17.8 Å². The maximum absolute atomic E-state index is 11.7. The molecule has 1 aliphatic carbocycles. The zero-order valence-electron chi connectivity index (χ0n) is 11.5. The lowest BCUT2D eigenvalue weighted by Gasteiger charge is -2.36. The molecule has 0 heterocycles. The summed E-state index contributed by atoms with van der Waals surface area (Å²) in [6.45, 7) is 3.97. The van der Waals surface area contributed by atoms with Gasteiger partial charge in [0.15, 0.2) is 0 Å². The molecule has 1 fully saturated rings. The number of aliphatic carboxylic acids is 1. The van der Waals surface area contributed by atoms with Gasteiger partial charge >= 0.3 is 5.97 Å². The minimum absolute atomic E-state index is 0.00807. The average molecular weight is 270 g/mol. The second-order valence-corrected chi connectivity index (χ2v) is 5.44. The molecule has 1 aliphatic rings. The van der Waals surface area contributed by atoms with Crippen molar-refractivity contribution in [2.75, 3.05) is 6.54 Å². The van der Waals surface area contributed by atoms with Gasteiger partial charge in [-0.25, -0.2) is 0 Å². The molecule has 3 N–H and O–H groups in total. The van der Waals surface area contributed by atoms with Crippen LogP contribution in [0, 0.1) is 5.41 Å². The summed E-state index contributed by atoms with van der Waals surface area (Å²) >= 11 is 0. The normalized spacial score (nSPS) is 16.6. The Kier molecular flexibility index (Phi) is 5.32. The third-order valence-electron chi connectivity index (χ3n) is 3.39. The number of carboxylic acid groups (broad SMARTS) is 1. The molecule has 0 radical (unpaired) electrons. The first-order valence-electron chi connectivity index (χ1n) is 6.65. The summed E-state index contributed by atoms with van der Waals surface area (Å²) in [4.78, 5) is 34.1. The third-order valence-corrected chi connectivity index (χ3v) is 3.39. The van der Waals surface area contributed by atoms with Crippen LogP contribution in [0.5, 0.6) is 0 Å². The molecule has 1 saturated carbocycles. The summed E-state index contributed by atoms with van der Waals surface area (Å²) in [6, 6.07) is 0.0773. The van der Waals surface area contributed by atoms with Crippen molar-refractivity contribution in [2.24, 2.45) is 5.41 Å². The third kappa shape index (κ3) is 4.54. The van der Waals surface area contributed by atoms with Crippen LogP contribution in [0.3, 0.4) is 0 Å².